The van der Waals surface area contributed by atoms with Crippen molar-refractivity contribution in [3.63, 3.8) is 0 Å². The van der Waals surface area contributed by atoms with E-state index >= 15 is 0 Å². The number of nitrogens with zero attached hydrogens (tertiary/aromatic N) is 4. The van der Waals surface area contributed by atoms with E-state index in [-0.39, 0.29) is 17.5 Å². The molecule has 2 bridgehead atoms. The molecule has 3 N–H and O–H groups in total. The molecule has 3 fully saturated rings. The number of amides is 3. The maximum Gasteiger partial charge on any atom is 0.410 e. The van der Waals surface area contributed by atoms with Crippen molar-refractivity contribution in [2.45, 2.75) is 64.0 Å². The van der Waals surface area contributed by atoms with Crippen LogP contribution in [0.1, 0.15) is 69.1 Å². The minimum atomic E-state index is -0.533. The molecule has 1 saturated carbocycles. The van der Waals surface area contributed by atoms with Gasteiger partial charge in [0.2, 0.25) is 5.91 Å². The molecule has 3 aliphatic rings. The summed E-state index contributed by atoms with van der Waals surface area (Å²) in [5.41, 5.74) is 6.66. The first-order valence-corrected chi connectivity index (χ1v) is 13.4. The Hall–Kier alpha value is -3.14. The summed E-state index contributed by atoms with van der Waals surface area (Å²) in [6, 6.07) is 5.46. The van der Waals surface area contributed by atoms with E-state index < -0.39 is 11.5 Å². The number of fused-ring (bicyclic) bond motifs is 3. The predicted molar refractivity (Wildman–Crippen MR) is 139 cm³/mol. The van der Waals surface area contributed by atoms with Crippen LogP contribution < -0.4 is 5.73 Å². The van der Waals surface area contributed by atoms with Crippen LogP contribution in [0.4, 0.5) is 4.79 Å². The molecule has 1 aliphatic carbocycles. The lowest BCUT2D eigenvalue weighted by Crippen LogP contribution is -2.52. The molecule has 37 heavy (non-hydrogen) atoms. The van der Waals surface area contributed by atoms with E-state index in [1.54, 1.807) is 11.0 Å². The summed E-state index contributed by atoms with van der Waals surface area (Å²) in [6.45, 7) is 9.17. The molecule has 1 aromatic heterocycles. The van der Waals surface area contributed by atoms with Gasteiger partial charge in [-0.2, -0.15) is 0 Å². The molecule has 2 aliphatic heterocycles. The molecule has 0 radical (unpaired) electrons. The van der Waals surface area contributed by atoms with Gasteiger partial charge in [0.25, 0.3) is 5.91 Å². The number of nitrogens with one attached hydrogen (secondary N) is 1. The van der Waals surface area contributed by atoms with E-state index in [1.165, 1.54) is 6.42 Å². The molecule has 10 nitrogen and oxygen atoms in total. The standard InChI is InChI=1S/C27H38N6O4/c1-26(2,3)37-25(36)32-14-12-31(13-15-32)21(34)9-11-33-17-18-6-5-10-27(33,16-18)24-29-20-8-4-7-19(23(28)35)22(20)30-24/h4,7-8,18H,5-6,9-17H2,1-3H3,(H2,28,35)(H,29,30). The fraction of sp³-hybridized carbons (Fsp3) is 0.630. The number of carbonyl (C=O) groups is 3. The lowest BCUT2D eigenvalue weighted by atomic mass is 9.79. The highest BCUT2D eigenvalue weighted by molar-refractivity contribution is 6.04. The number of piperazine rings is 1. The SMILES string of the molecule is CC(C)(C)OC(=O)N1CCN(C(=O)CCN2CC3CCCC2(c2nc4c(C(N)=O)cccc4[nH]2)C3)CC1. The number of ether oxygens (including phenoxy) is 1. The highest BCUT2D eigenvalue weighted by atomic mass is 16.6. The normalized spacial score (nSPS) is 24.5. The fourth-order valence-electron chi connectivity index (χ4n) is 6.27. The van der Waals surface area contributed by atoms with Gasteiger partial charge in [-0.25, -0.2) is 9.78 Å². The topological polar surface area (TPSA) is 125 Å². The Morgan fingerprint density at radius 1 is 1.16 bits per heavy atom. The Balaban J connectivity index is 1.25. The Bertz CT molecular complexity index is 1200. The third-order valence-corrected chi connectivity index (χ3v) is 8.01. The summed E-state index contributed by atoms with van der Waals surface area (Å²) in [5.74, 6) is 1.08. The maximum absolute atomic E-state index is 13.1. The molecule has 2 atom stereocenters. The average molecular weight is 511 g/mol. The monoisotopic (exact) mass is 510 g/mol. The molecule has 3 amide bonds. The largest absolute Gasteiger partial charge is 0.444 e. The zero-order valence-corrected chi connectivity index (χ0v) is 22.1. The van der Waals surface area contributed by atoms with Gasteiger partial charge in [-0.3, -0.25) is 14.5 Å². The van der Waals surface area contributed by atoms with Gasteiger partial charge in [0.05, 0.1) is 16.6 Å². The third kappa shape index (κ3) is 5.03. The first-order chi connectivity index (χ1) is 17.6. The number of hydrogen-bond acceptors (Lipinski definition) is 6. The summed E-state index contributed by atoms with van der Waals surface area (Å²) in [5, 5.41) is 0. The minimum absolute atomic E-state index is 0.112. The number of carbonyl (C=O) groups excluding carboxylic acids is 3. The van der Waals surface area contributed by atoms with Gasteiger partial charge in [-0.15, -0.1) is 0 Å². The second kappa shape index (κ2) is 9.63. The molecule has 2 aromatic rings. The zero-order valence-electron chi connectivity index (χ0n) is 22.1. The highest BCUT2D eigenvalue weighted by Crippen LogP contribution is 2.50. The Morgan fingerprint density at radius 2 is 1.89 bits per heavy atom. The summed E-state index contributed by atoms with van der Waals surface area (Å²) in [6.07, 6.45) is 4.37. The van der Waals surface area contributed by atoms with E-state index in [9.17, 15) is 14.4 Å². The second-order valence-electron chi connectivity index (χ2n) is 11.7. The van der Waals surface area contributed by atoms with Gasteiger partial charge in [-0.1, -0.05) is 12.5 Å². The molecule has 10 heteroatoms. The van der Waals surface area contributed by atoms with Crippen LogP contribution in [0.15, 0.2) is 18.2 Å². The molecule has 200 valence electrons. The number of likely N-dealkylation sites (tertiary alicyclic amines) is 1. The fourth-order valence-corrected chi connectivity index (χ4v) is 6.27. The lowest BCUT2D eigenvalue weighted by molar-refractivity contribution is -0.133. The summed E-state index contributed by atoms with van der Waals surface area (Å²) in [7, 11) is 0. The van der Waals surface area contributed by atoms with Crippen molar-refractivity contribution in [1.29, 1.82) is 0 Å². The van der Waals surface area contributed by atoms with Crippen LogP contribution in [0.2, 0.25) is 0 Å². The molecular weight excluding hydrogens is 472 g/mol. The maximum atomic E-state index is 13.1. The number of hydrogen-bond donors (Lipinski definition) is 2. The molecule has 2 unspecified atom stereocenters. The Kier molecular flexibility index (Phi) is 6.64. The van der Waals surface area contributed by atoms with Gasteiger partial charge in [0.1, 0.15) is 16.9 Å². The first kappa shape index (κ1) is 25.5. The lowest BCUT2D eigenvalue weighted by Gasteiger charge is -2.39. The van der Waals surface area contributed by atoms with Gasteiger partial charge < -0.3 is 25.3 Å². The number of rotatable bonds is 5. The number of nitrogens with two attached hydrogens (primary N) is 1. The number of primary amides is 1. The van der Waals surface area contributed by atoms with E-state index in [0.717, 1.165) is 37.1 Å². The minimum Gasteiger partial charge on any atom is -0.444 e. The van der Waals surface area contributed by atoms with Crippen molar-refractivity contribution in [1.82, 2.24) is 24.7 Å². The predicted octanol–water partition coefficient (Wildman–Crippen LogP) is 2.83. The quantitative estimate of drug-likeness (QED) is 0.637. The summed E-state index contributed by atoms with van der Waals surface area (Å²) in [4.78, 5) is 51.8. The van der Waals surface area contributed by atoms with Crippen molar-refractivity contribution < 1.29 is 19.1 Å². The van der Waals surface area contributed by atoms with Crippen molar-refractivity contribution >= 4 is 28.9 Å². The number of benzene rings is 1. The molecular formula is C27H38N6O4. The first-order valence-electron chi connectivity index (χ1n) is 13.4. The van der Waals surface area contributed by atoms with E-state index in [4.69, 9.17) is 15.5 Å². The van der Waals surface area contributed by atoms with E-state index in [0.29, 0.717) is 56.1 Å². The third-order valence-electron chi connectivity index (χ3n) is 8.01. The Morgan fingerprint density at radius 3 is 2.59 bits per heavy atom. The van der Waals surface area contributed by atoms with Crippen molar-refractivity contribution in [3.05, 3.63) is 29.6 Å². The zero-order chi connectivity index (χ0) is 26.4. The van der Waals surface area contributed by atoms with Gasteiger partial charge in [0.15, 0.2) is 0 Å². The van der Waals surface area contributed by atoms with Crippen LogP contribution in [-0.4, -0.2) is 87.4 Å². The number of imidazole rings is 1. The summed E-state index contributed by atoms with van der Waals surface area (Å²) < 4.78 is 5.47. The van der Waals surface area contributed by atoms with Crippen LogP contribution in [0.25, 0.3) is 11.0 Å². The van der Waals surface area contributed by atoms with Gasteiger partial charge >= 0.3 is 6.09 Å². The summed E-state index contributed by atoms with van der Waals surface area (Å²) >= 11 is 0. The second-order valence-corrected chi connectivity index (χ2v) is 11.7. The number of para-hydroxylation sites is 1. The smallest absolute Gasteiger partial charge is 0.410 e. The van der Waals surface area contributed by atoms with Crippen LogP contribution in [-0.2, 0) is 15.1 Å². The Labute approximate surface area is 217 Å². The van der Waals surface area contributed by atoms with Crippen LogP contribution in [0.3, 0.4) is 0 Å². The number of aromatic amines is 1. The molecule has 0 spiro atoms. The van der Waals surface area contributed by atoms with E-state index in [2.05, 4.69) is 9.88 Å². The van der Waals surface area contributed by atoms with Crippen molar-refractivity contribution in [3.8, 4) is 0 Å². The van der Waals surface area contributed by atoms with E-state index in [1.807, 2.05) is 37.8 Å². The number of aromatic nitrogens is 2. The molecule has 1 aromatic carbocycles. The number of H-pyrrole nitrogens is 1. The van der Waals surface area contributed by atoms with Crippen LogP contribution >= 0.6 is 0 Å². The van der Waals surface area contributed by atoms with Crippen molar-refractivity contribution in [2.75, 3.05) is 39.3 Å². The van der Waals surface area contributed by atoms with Crippen LogP contribution in [0.5, 0.6) is 0 Å². The molecule has 3 heterocycles. The van der Waals surface area contributed by atoms with Crippen molar-refractivity contribution in [2.24, 2.45) is 11.7 Å². The average Bonchev–Trinajstić information content (AvgIpc) is 3.40. The highest BCUT2D eigenvalue weighted by Gasteiger charge is 2.50. The molecule has 5 rings (SSSR count). The van der Waals surface area contributed by atoms with Gasteiger partial charge in [-0.05, 0) is 58.1 Å². The van der Waals surface area contributed by atoms with Crippen LogP contribution in [0, 0.1) is 5.92 Å². The molecule has 2 saturated heterocycles. The van der Waals surface area contributed by atoms with Gasteiger partial charge in [0, 0.05) is 45.7 Å².